The molecule has 1 aromatic carbocycles. The lowest BCUT2D eigenvalue weighted by molar-refractivity contribution is -0.125. The number of amides is 2. The van der Waals surface area contributed by atoms with Gasteiger partial charge in [0.2, 0.25) is 5.91 Å². The number of hydrogen-bond donors (Lipinski definition) is 1. The third kappa shape index (κ3) is 3.37. The van der Waals surface area contributed by atoms with Gasteiger partial charge in [-0.2, -0.15) is 0 Å². The maximum absolute atomic E-state index is 12.6. The van der Waals surface area contributed by atoms with E-state index >= 15 is 0 Å². The van der Waals surface area contributed by atoms with Gasteiger partial charge in [-0.3, -0.25) is 9.59 Å². The standard InChI is InChI=1S/C15H18N2O5S/c1-23(20,21)13-4-2-10(3-5-13)15(19)17-6-11-8-22-9-12(7-17)16-14(11)18/h2-5,11-12H,6-9H2,1H3,(H,16,18)/t11-,12+/m1/s1. The second kappa shape index (κ2) is 5.93. The van der Waals surface area contributed by atoms with E-state index in [2.05, 4.69) is 5.32 Å². The minimum absolute atomic E-state index is 0.0878. The lowest BCUT2D eigenvalue weighted by Gasteiger charge is -2.27. The van der Waals surface area contributed by atoms with Crippen LogP contribution in [0, 0.1) is 5.92 Å². The molecule has 2 aliphatic rings. The Morgan fingerprint density at radius 3 is 2.57 bits per heavy atom. The zero-order chi connectivity index (χ0) is 16.6. The van der Waals surface area contributed by atoms with E-state index < -0.39 is 9.84 Å². The molecular weight excluding hydrogens is 320 g/mol. The van der Waals surface area contributed by atoms with E-state index in [0.29, 0.717) is 31.9 Å². The first-order valence-corrected chi connectivity index (χ1v) is 9.21. The second-order valence-corrected chi connectivity index (χ2v) is 7.96. The summed E-state index contributed by atoms with van der Waals surface area (Å²) in [5, 5.41) is 2.87. The summed E-state index contributed by atoms with van der Waals surface area (Å²) < 4.78 is 28.4. The SMILES string of the molecule is CS(=O)(=O)c1ccc(C(=O)N2C[C@H]3COC[C@@H](C2)C(=O)N3)cc1. The minimum atomic E-state index is -3.29. The van der Waals surface area contributed by atoms with Gasteiger partial charge in [0, 0.05) is 24.9 Å². The molecule has 0 radical (unpaired) electrons. The predicted molar refractivity (Wildman–Crippen MR) is 81.7 cm³/mol. The highest BCUT2D eigenvalue weighted by Gasteiger charge is 2.35. The molecule has 2 atom stereocenters. The molecule has 23 heavy (non-hydrogen) atoms. The first-order chi connectivity index (χ1) is 10.8. The van der Waals surface area contributed by atoms with Crippen LogP contribution in [0.15, 0.2) is 29.2 Å². The van der Waals surface area contributed by atoms with E-state index in [9.17, 15) is 18.0 Å². The molecule has 0 saturated carbocycles. The molecule has 1 N–H and O–H groups in total. The predicted octanol–water partition coefficient (Wildman–Crippen LogP) is -0.323. The van der Waals surface area contributed by atoms with Crippen LogP contribution < -0.4 is 5.32 Å². The maximum atomic E-state index is 12.6. The summed E-state index contributed by atoms with van der Waals surface area (Å²) in [6.07, 6.45) is 1.12. The van der Waals surface area contributed by atoms with E-state index in [-0.39, 0.29) is 28.7 Å². The number of nitrogens with zero attached hydrogens (tertiary/aromatic N) is 1. The molecule has 0 unspecified atom stereocenters. The molecule has 2 saturated heterocycles. The fraction of sp³-hybridized carbons (Fsp3) is 0.467. The van der Waals surface area contributed by atoms with Gasteiger partial charge in [0.1, 0.15) is 0 Å². The molecule has 0 aromatic heterocycles. The minimum Gasteiger partial charge on any atom is -0.378 e. The summed E-state index contributed by atoms with van der Waals surface area (Å²) in [4.78, 5) is 26.4. The Balaban J connectivity index is 1.81. The van der Waals surface area contributed by atoms with Crippen LogP contribution in [0.25, 0.3) is 0 Å². The number of carbonyl (C=O) groups excluding carboxylic acids is 2. The Hall–Kier alpha value is -1.93. The molecule has 2 fully saturated rings. The number of ether oxygens (including phenoxy) is 1. The van der Waals surface area contributed by atoms with Crippen molar-refractivity contribution in [1.82, 2.24) is 10.2 Å². The fourth-order valence-electron chi connectivity index (χ4n) is 2.82. The van der Waals surface area contributed by atoms with Gasteiger partial charge >= 0.3 is 0 Å². The van der Waals surface area contributed by atoms with Crippen molar-refractivity contribution >= 4 is 21.7 Å². The molecule has 0 spiro atoms. The second-order valence-electron chi connectivity index (χ2n) is 5.95. The fourth-order valence-corrected chi connectivity index (χ4v) is 3.45. The topological polar surface area (TPSA) is 92.8 Å². The summed E-state index contributed by atoms with van der Waals surface area (Å²) in [6, 6.07) is 5.65. The number of hydrogen-bond acceptors (Lipinski definition) is 5. The molecule has 2 heterocycles. The molecule has 2 amide bonds. The Labute approximate surface area is 134 Å². The first kappa shape index (κ1) is 15.9. The lowest BCUT2D eigenvalue weighted by Crippen LogP contribution is -2.44. The van der Waals surface area contributed by atoms with E-state index in [4.69, 9.17) is 4.74 Å². The Morgan fingerprint density at radius 1 is 1.22 bits per heavy atom. The van der Waals surface area contributed by atoms with Gasteiger partial charge in [0.15, 0.2) is 9.84 Å². The Morgan fingerprint density at radius 2 is 1.91 bits per heavy atom. The molecular formula is C15H18N2O5S. The average Bonchev–Trinajstić information content (AvgIpc) is 2.74. The van der Waals surface area contributed by atoms with E-state index in [0.717, 1.165) is 6.26 Å². The Bertz CT molecular complexity index is 729. The van der Waals surface area contributed by atoms with Crippen LogP contribution in [-0.2, 0) is 19.4 Å². The summed E-state index contributed by atoms with van der Waals surface area (Å²) in [5.41, 5.74) is 0.408. The van der Waals surface area contributed by atoms with Crippen LogP contribution in [0.3, 0.4) is 0 Å². The number of benzene rings is 1. The molecule has 2 aliphatic heterocycles. The third-order valence-corrected chi connectivity index (χ3v) is 5.18. The summed E-state index contributed by atoms with van der Waals surface area (Å²) in [6.45, 7) is 1.38. The summed E-state index contributed by atoms with van der Waals surface area (Å²) >= 11 is 0. The van der Waals surface area contributed by atoms with Crippen molar-refractivity contribution in [2.24, 2.45) is 5.92 Å². The van der Waals surface area contributed by atoms with E-state index in [1.165, 1.54) is 24.3 Å². The highest BCUT2D eigenvalue weighted by Crippen LogP contribution is 2.17. The number of sulfone groups is 1. The van der Waals surface area contributed by atoms with Crippen molar-refractivity contribution in [3.63, 3.8) is 0 Å². The van der Waals surface area contributed by atoms with Crippen molar-refractivity contribution in [3.05, 3.63) is 29.8 Å². The normalized spacial score (nSPS) is 24.7. The van der Waals surface area contributed by atoms with Crippen molar-refractivity contribution in [2.75, 3.05) is 32.6 Å². The molecule has 3 rings (SSSR count). The quantitative estimate of drug-likeness (QED) is 0.798. The molecule has 2 bridgehead atoms. The van der Waals surface area contributed by atoms with Gasteiger partial charge in [0.05, 0.1) is 30.1 Å². The smallest absolute Gasteiger partial charge is 0.253 e. The van der Waals surface area contributed by atoms with Crippen molar-refractivity contribution in [3.8, 4) is 0 Å². The molecule has 8 heteroatoms. The van der Waals surface area contributed by atoms with Gasteiger partial charge in [-0.25, -0.2) is 8.42 Å². The van der Waals surface area contributed by atoms with Crippen LogP contribution >= 0.6 is 0 Å². The van der Waals surface area contributed by atoms with Crippen LogP contribution in [0.1, 0.15) is 10.4 Å². The van der Waals surface area contributed by atoms with E-state index in [1.54, 1.807) is 4.90 Å². The first-order valence-electron chi connectivity index (χ1n) is 7.32. The Kier molecular flexibility index (Phi) is 4.11. The monoisotopic (exact) mass is 338 g/mol. The number of carbonyl (C=O) groups is 2. The number of fused-ring (bicyclic) bond motifs is 3. The highest BCUT2D eigenvalue weighted by atomic mass is 32.2. The lowest BCUT2D eigenvalue weighted by atomic mass is 10.1. The zero-order valence-corrected chi connectivity index (χ0v) is 13.5. The van der Waals surface area contributed by atoms with E-state index in [1.807, 2.05) is 0 Å². The van der Waals surface area contributed by atoms with Crippen molar-refractivity contribution in [2.45, 2.75) is 10.9 Å². The average molecular weight is 338 g/mol. The van der Waals surface area contributed by atoms with Gasteiger partial charge < -0.3 is 15.0 Å². The highest BCUT2D eigenvalue weighted by molar-refractivity contribution is 7.90. The largest absolute Gasteiger partial charge is 0.378 e. The van der Waals surface area contributed by atoms with Crippen LogP contribution in [0.2, 0.25) is 0 Å². The van der Waals surface area contributed by atoms with Gasteiger partial charge in [-0.1, -0.05) is 0 Å². The summed E-state index contributed by atoms with van der Waals surface area (Å²) in [7, 11) is -3.29. The zero-order valence-electron chi connectivity index (χ0n) is 12.7. The number of nitrogens with one attached hydrogen (secondary N) is 1. The van der Waals surface area contributed by atoms with Gasteiger partial charge in [-0.15, -0.1) is 0 Å². The molecule has 1 aromatic rings. The maximum Gasteiger partial charge on any atom is 0.253 e. The van der Waals surface area contributed by atoms with Crippen LogP contribution in [-0.4, -0.2) is 63.7 Å². The summed E-state index contributed by atoms with van der Waals surface area (Å²) in [5.74, 6) is -0.671. The molecule has 0 aliphatic carbocycles. The van der Waals surface area contributed by atoms with Crippen LogP contribution in [0.5, 0.6) is 0 Å². The third-order valence-electron chi connectivity index (χ3n) is 4.05. The van der Waals surface area contributed by atoms with Gasteiger partial charge in [0.25, 0.3) is 5.91 Å². The van der Waals surface area contributed by atoms with Crippen molar-refractivity contribution < 1.29 is 22.7 Å². The molecule has 7 nitrogen and oxygen atoms in total. The van der Waals surface area contributed by atoms with Crippen LogP contribution in [0.4, 0.5) is 0 Å². The van der Waals surface area contributed by atoms with Crippen molar-refractivity contribution in [1.29, 1.82) is 0 Å². The molecule has 124 valence electrons. The number of rotatable bonds is 2. The van der Waals surface area contributed by atoms with Gasteiger partial charge in [-0.05, 0) is 24.3 Å².